The number of nitrogens with zero attached hydrogens (tertiary/aromatic N) is 1. The summed E-state index contributed by atoms with van der Waals surface area (Å²) >= 11 is 0. The molecule has 2 aliphatic heterocycles. The van der Waals surface area contributed by atoms with Crippen molar-refractivity contribution in [2.75, 3.05) is 20.2 Å². The van der Waals surface area contributed by atoms with Crippen molar-refractivity contribution in [3.8, 4) is 0 Å². The Labute approximate surface area is 184 Å². The molecule has 1 N–H and O–H groups in total. The first kappa shape index (κ1) is 22.0. The molecular formula is C25H34N2O4. The monoisotopic (exact) mass is 426 g/mol. The Bertz CT molecular complexity index is 922. The quantitative estimate of drug-likeness (QED) is 0.737. The van der Waals surface area contributed by atoms with Crippen LogP contribution in [-0.4, -0.2) is 42.7 Å². The van der Waals surface area contributed by atoms with Gasteiger partial charge in [-0.1, -0.05) is 12.1 Å². The van der Waals surface area contributed by atoms with E-state index in [9.17, 15) is 9.59 Å². The first-order valence-electron chi connectivity index (χ1n) is 11.3. The summed E-state index contributed by atoms with van der Waals surface area (Å²) in [7, 11) is 1.65. The van der Waals surface area contributed by atoms with Gasteiger partial charge in [-0.2, -0.15) is 5.06 Å². The third-order valence-corrected chi connectivity index (χ3v) is 6.74. The van der Waals surface area contributed by atoms with E-state index in [1.807, 2.05) is 25.8 Å². The van der Waals surface area contributed by atoms with Gasteiger partial charge in [-0.3, -0.25) is 9.59 Å². The fourth-order valence-corrected chi connectivity index (χ4v) is 4.75. The molecule has 3 aliphatic rings. The maximum atomic E-state index is 13.4. The molecule has 4 rings (SSSR count). The molecule has 1 aromatic carbocycles. The molecule has 168 valence electrons. The van der Waals surface area contributed by atoms with E-state index in [0.717, 1.165) is 16.7 Å². The third kappa shape index (κ3) is 4.03. The molecule has 0 aromatic heterocycles. The van der Waals surface area contributed by atoms with Gasteiger partial charge in [-0.25, -0.2) is 0 Å². The number of amides is 1. The van der Waals surface area contributed by atoms with Crippen LogP contribution in [0.3, 0.4) is 0 Å². The molecule has 6 heteroatoms. The Morgan fingerprint density at radius 1 is 1.13 bits per heavy atom. The van der Waals surface area contributed by atoms with Crippen LogP contribution in [0.15, 0.2) is 17.9 Å². The Morgan fingerprint density at radius 3 is 2.19 bits per heavy atom. The molecule has 1 spiro atoms. The fourth-order valence-electron chi connectivity index (χ4n) is 4.75. The zero-order valence-corrected chi connectivity index (χ0v) is 19.6. The van der Waals surface area contributed by atoms with Crippen LogP contribution >= 0.6 is 0 Å². The van der Waals surface area contributed by atoms with Crippen molar-refractivity contribution in [3.05, 3.63) is 40.1 Å². The van der Waals surface area contributed by atoms with Gasteiger partial charge in [0.05, 0.1) is 18.1 Å². The number of piperidine rings is 1. The van der Waals surface area contributed by atoms with E-state index in [1.54, 1.807) is 7.11 Å². The van der Waals surface area contributed by atoms with Gasteiger partial charge in [-0.05, 0) is 88.5 Å². The lowest BCUT2D eigenvalue weighted by Gasteiger charge is -2.39. The number of hydrogen-bond acceptors (Lipinski definition) is 5. The van der Waals surface area contributed by atoms with Gasteiger partial charge in [-0.15, -0.1) is 0 Å². The number of hydroxylamine groups is 2. The second-order valence-corrected chi connectivity index (χ2v) is 10.3. The normalized spacial score (nSPS) is 21.5. The van der Waals surface area contributed by atoms with Crippen molar-refractivity contribution in [2.24, 2.45) is 5.41 Å². The smallest absolute Gasteiger partial charge is 0.316 e. The fraction of sp³-hybridized carbons (Fsp3) is 0.600. The highest BCUT2D eigenvalue weighted by Crippen LogP contribution is 2.45. The zero-order chi connectivity index (χ0) is 22.6. The topological polar surface area (TPSA) is 67.9 Å². The summed E-state index contributed by atoms with van der Waals surface area (Å²) in [5.74, 6) is 0.641. The molecule has 0 radical (unpaired) electrons. The van der Waals surface area contributed by atoms with Crippen molar-refractivity contribution >= 4 is 17.4 Å². The average Bonchev–Trinajstić information content (AvgIpc) is 3.50. The summed E-state index contributed by atoms with van der Waals surface area (Å²) in [6.07, 6.45) is 3.71. The molecule has 2 fully saturated rings. The third-order valence-electron chi connectivity index (χ3n) is 6.74. The number of benzene rings is 1. The second kappa shape index (κ2) is 7.75. The van der Waals surface area contributed by atoms with Crippen LogP contribution in [-0.2, 0) is 19.2 Å². The Balaban J connectivity index is 1.83. The van der Waals surface area contributed by atoms with Crippen LogP contribution < -0.4 is 5.32 Å². The minimum absolute atomic E-state index is 0.159. The zero-order valence-electron chi connectivity index (χ0n) is 19.6. The number of rotatable bonds is 4. The average molecular weight is 427 g/mol. The first-order chi connectivity index (χ1) is 14.6. The first-order valence-corrected chi connectivity index (χ1v) is 11.3. The molecular weight excluding hydrogens is 392 g/mol. The summed E-state index contributed by atoms with van der Waals surface area (Å²) in [6.45, 7) is 10.9. The van der Waals surface area contributed by atoms with Gasteiger partial charge in [0.2, 0.25) is 0 Å². The maximum absolute atomic E-state index is 13.4. The predicted octanol–water partition coefficient (Wildman–Crippen LogP) is 4.01. The highest BCUT2D eigenvalue weighted by Gasteiger charge is 2.51. The number of ether oxygens (including phenoxy) is 1. The molecule has 2 heterocycles. The van der Waals surface area contributed by atoms with Crippen molar-refractivity contribution in [1.29, 1.82) is 0 Å². The van der Waals surface area contributed by atoms with E-state index in [-0.39, 0.29) is 11.9 Å². The van der Waals surface area contributed by atoms with Crippen LogP contribution in [0.2, 0.25) is 0 Å². The van der Waals surface area contributed by atoms with E-state index >= 15 is 0 Å². The molecule has 6 nitrogen and oxygen atoms in total. The maximum Gasteiger partial charge on any atom is 0.316 e. The summed E-state index contributed by atoms with van der Waals surface area (Å²) in [4.78, 5) is 31.7. The number of carbonyl (C=O) groups excluding carboxylic acids is 2. The van der Waals surface area contributed by atoms with Gasteiger partial charge >= 0.3 is 5.97 Å². The lowest BCUT2D eigenvalue weighted by Crippen LogP contribution is -2.53. The SMILES string of the molecule is CON1CCC2(CC1)NC(=O)C(c1c(C)cc(C3CC3)cc1C)=C2OC(=O)C(C)(C)C. The highest BCUT2D eigenvalue weighted by atomic mass is 16.7. The van der Waals surface area contributed by atoms with Gasteiger partial charge < -0.3 is 14.9 Å². The molecule has 0 unspecified atom stereocenters. The van der Waals surface area contributed by atoms with Crippen LogP contribution in [0.4, 0.5) is 0 Å². The van der Waals surface area contributed by atoms with E-state index in [1.165, 1.54) is 18.4 Å². The van der Waals surface area contributed by atoms with E-state index in [4.69, 9.17) is 9.57 Å². The Morgan fingerprint density at radius 2 is 1.71 bits per heavy atom. The van der Waals surface area contributed by atoms with Gasteiger partial charge in [0.1, 0.15) is 11.3 Å². The molecule has 31 heavy (non-hydrogen) atoms. The molecule has 0 bridgehead atoms. The Kier molecular flexibility index (Phi) is 5.51. The van der Waals surface area contributed by atoms with Crippen molar-refractivity contribution < 1.29 is 19.2 Å². The second-order valence-electron chi connectivity index (χ2n) is 10.3. The van der Waals surface area contributed by atoms with Gasteiger partial charge in [0, 0.05) is 13.1 Å². The molecule has 1 amide bonds. The summed E-state index contributed by atoms with van der Waals surface area (Å²) < 4.78 is 6.07. The lowest BCUT2D eigenvalue weighted by molar-refractivity contribution is -0.159. The molecule has 1 saturated heterocycles. The number of esters is 1. The van der Waals surface area contributed by atoms with Crippen LogP contribution in [0.1, 0.15) is 74.6 Å². The summed E-state index contributed by atoms with van der Waals surface area (Å²) in [5.41, 5.74) is 3.51. The summed E-state index contributed by atoms with van der Waals surface area (Å²) in [6, 6.07) is 4.39. The van der Waals surface area contributed by atoms with Crippen LogP contribution in [0, 0.1) is 19.3 Å². The standard InChI is InChI=1S/C25H34N2O4/c1-15-13-18(17-7-8-17)14-16(2)19(15)20-21(31-23(29)24(3,4)5)25(26-22(20)28)9-11-27(30-6)12-10-25/h13-14,17H,7-12H2,1-6H3,(H,26,28). The van der Waals surface area contributed by atoms with Gasteiger partial charge in [0.15, 0.2) is 0 Å². The Hall–Kier alpha value is -2.18. The number of aryl methyl sites for hydroxylation is 2. The van der Waals surface area contributed by atoms with Crippen LogP contribution in [0.25, 0.3) is 5.57 Å². The van der Waals surface area contributed by atoms with E-state index in [0.29, 0.717) is 43.2 Å². The van der Waals surface area contributed by atoms with Crippen molar-refractivity contribution in [2.45, 2.75) is 71.8 Å². The minimum Gasteiger partial charge on any atom is -0.427 e. The van der Waals surface area contributed by atoms with Gasteiger partial charge in [0.25, 0.3) is 5.91 Å². The largest absolute Gasteiger partial charge is 0.427 e. The minimum atomic E-state index is -0.684. The predicted molar refractivity (Wildman–Crippen MR) is 119 cm³/mol. The molecule has 1 saturated carbocycles. The number of nitrogens with one attached hydrogen (secondary N) is 1. The number of hydrogen-bond donors (Lipinski definition) is 1. The van der Waals surface area contributed by atoms with Crippen molar-refractivity contribution in [3.63, 3.8) is 0 Å². The summed E-state index contributed by atoms with van der Waals surface area (Å²) in [5, 5.41) is 5.08. The van der Waals surface area contributed by atoms with Crippen molar-refractivity contribution in [1.82, 2.24) is 10.4 Å². The highest BCUT2D eigenvalue weighted by molar-refractivity contribution is 6.24. The molecule has 1 aromatic rings. The van der Waals surface area contributed by atoms with E-state index in [2.05, 4.69) is 31.3 Å². The lowest BCUT2D eigenvalue weighted by atomic mass is 9.84. The molecule has 1 aliphatic carbocycles. The van der Waals surface area contributed by atoms with Crippen LogP contribution in [0.5, 0.6) is 0 Å². The van der Waals surface area contributed by atoms with E-state index < -0.39 is 11.0 Å². The number of carbonyl (C=O) groups is 2. The molecule has 0 atom stereocenters.